The zero-order valence-corrected chi connectivity index (χ0v) is 14.2. The summed E-state index contributed by atoms with van der Waals surface area (Å²) in [6.45, 7) is 1.10. The van der Waals surface area contributed by atoms with Gasteiger partial charge in [-0.1, -0.05) is 12.1 Å². The first kappa shape index (κ1) is 17.8. The largest absolute Gasteiger partial charge is 0.496 e. The monoisotopic (exact) mass is 360 g/mol. The number of nitrogens with zero attached hydrogens (tertiary/aromatic N) is 2. The highest BCUT2D eigenvalue weighted by atomic mass is 19.1. The average Bonchev–Trinajstić information content (AvgIpc) is 2.67. The fraction of sp³-hybridized carbons (Fsp3) is 0.263. The SMILES string of the molecule is COc1ccc(F)cc1C(=O)N1CCN(C(=O)c2ccccc2F)CC1. The van der Waals surface area contributed by atoms with E-state index in [4.69, 9.17) is 4.74 Å². The number of hydrogen-bond acceptors (Lipinski definition) is 3. The van der Waals surface area contributed by atoms with E-state index in [0.717, 1.165) is 6.07 Å². The average molecular weight is 360 g/mol. The Morgan fingerprint density at radius 1 is 0.885 bits per heavy atom. The summed E-state index contributed by atoms with van der Waals surface area (Å²) in [4.78, 5) is 28.1. The Labute approximate surface area is 149 Å². The molecule has 0 unspecified atom stereocenters. The second-order valence-corrected chi connectivity index (χ2v) is 5.91. The minimum atomic E-state index is -0.569. The van der Waals surface area contributed by atoms with E-state index in [1.54, 1.807) is 6.07 Å². The molecule has 1 heterocycles. The second-order valence-electron chi connectivity index (χ2n) is 5.91. The number of ether oxygens (including phenoxy) is 1. The standard InChI is InChI=1S/C19H18F2N2O3/c1-26-17-7-6-13(20)12-15(17)19(25)23-10-8-22(9-11-23)18(24)14-4-2-3-5-16(14)21/h2-7,12H,8-11H2,1H3. The van der Waals surface area contributed by atoms with Crippen molar-refractivity contribution in [2.24, 2.45) is 0 Å². The minimum Gasteiger partial charge on any atom is -0.496 e. The topological polar surface area (TPSA) is 49.9 Å². The summed E-state index contributed by atoms with van der Waals surface area (Å²) < 4.78 is 32.4. The number of rotatable bonds is 3. The molecule has 0 N–H and O–H groups in total. The van der Waals surface area contributed by atoms with Crippen LogP contribution in [0.5, 0.6) is 5.75 Å². The van der Waals surface area contributed by atoms with Crippen LogP contribution in [0.1, 0.15) is 20.7 Å². The molecule has 0 spiro atoms. The van der Waals surface area contributed by atoms with Gasteiger partial charge < -0.3 is 14.5 Å². The number of benzene rings is 2. The molecule has 0 saturated carbocycles. The molecule has 1 fully saturated rings. The molecule has 1 aliphatic rings. The van der Waals surface area contributed by atoms with Crippen molar-refractivity contribution in [2.75, 3.05) is 33.3 Å². The van der Waals surface area contributed by atoms with E-state index in [1.165, 1.54) is 47.2 Å². The van der Waals surface area contributed by atoms with Crippen molar-refractivity contribution >= 4 is 11.8 Å². The number of methoxy groups -OCH3 is 1. The molecule has 2 aromatic carbocycles. The van der Waals surface area contributed by atoms with Crippen molar-refractivity contribution in [1.82, 2.24) is 9.80 Å². The molecule has 0 radical (unpaired) electrons. The normalized spacial score (nSPS) is 14.3. The lowest BCUT2D eigenvalue weighted by Gasteiger charge is -2.35. The van der Waals surface area contributed by atoms with Gasteiger partial charge in [-0.05, 0) is 30.3 Å². The van der Waals surface area contributed by atoms with Crippen LogP contribution in [0.25, 0.3) is 0 Å². The third-order valence-corrected chi connectivity index (χ3v) is 4.35. The number of carbonyl (C=O) groups excluding carboxylic acids is 2. The van der Waals surface area contributed by atoms with Crippen LogP contribution >= 0.6 is 0 Å². The van der Waals surface area contributed by atoms with E-state index in [-0.39, 0.29) is 43.2 Å². The van der Waals surface area contributed by atoms with Gasteiger partial charge in [-0.3, -0.25) is 9.59 Å². The molecule has 2 amide bonds. The Kier molecular flexibility index (Phi) is 5.16. The maximum absolute atomic E-state index is 13.8. The van der Waals surface area contributed by atoms with Crippen molar-refractivity contribution in [1.29, 1.82) is 0 Å². The van der Waals surface area contributed by atoms with Gasteiger partial charge in [-0.2, -0.15) is 0 Å². The van der Waals surface area contributed by atoms with E-state index >= 15 is 0 Å². The summed E-state index contributed by atoms with van der Waals surface area (Å²) in [7, 11) is 1.41. The first-order chi connectivity index (χ1) is 12.5. The minimum absolute atomic E-state index is 0.0130. The van der Waals surface area contributed by atoms with Crippen molar-refractivity contribution < 1.29 is 23.1 Å². The highest BCUT2D eigenvalue weighted by Crippen LogP contribution is 2.22. The van der Waals surface area contributed by atoms with Gasteiger partial charge in [0.05, 0.1) is 18.2 Å². The van der Waals surface area contributed by atoms with E-state index in [0.29, 0.717) is 5.75 Å². The van der Waals surface area contributed by atoms with Gasteiger partial charge in [0.25, 0.3) is 11.8 Å². The summed E-state index contributed by atoms with van der Waals surface area (Å²) in [5.74, 6) is -1.57. The molecular weight excluding hydrogens is 342 g/mol. The number of amides is 2. The van der Waals surface area contributed by atoms with Crippen LogP contribution < -0.4 is 4.74 Å². The molecule has 26 heavy (non-hydrogen) atoms. The smallest absolute Gasteiger partial charge is 0.257 e. The molecule has 0 atom stereocenters. The van der Waals surface area contributed by atoms with Crippen molar-refractivity contribution in [3.63, 3.8) is 0 Å². The maximum Gasteiger partial charge on any atom is 0.257 e. The highest BCUT2D eigenvalue weighted by molar-refractivity contribution is 5.97. The fourth-order valence-electron chi connectivity index (χ4n) is 2.94. The van der Waals surface area contributed by atoms with Gasteiger partial charge in [0.1, 0.15) is 17.4 Å². The number of halogens is 2. The van der Waals surface area contributed by atoms with E-state index in [1.807, 2.05) is 0 Å². The zero-order chi connectivity index (χ0) is 18.7. The summed E-state index contributed by atoms with van der Waals surface area (Å²) in [6, 6.07) is 9.57. The molecule has 7 heteroatoms. The van der Waals surface area contributed by atoms with E-state index in [2.05, 4.69) is 0 Å². The molecule has 1 saturated heterocycles. The molecule has 3 rings (SSSR count). The van der Waals surface area contributed by atoms with Crippen LogP contribution in [0, 0.1) is 11.6 Å². The van der Waals surface area contributed by atoms with Crippen molar-refractivity contribution in [3.05, 3.63) is 65.2 Å². The zero-order valence-electron chi connectivity index (χ0n) is 14.2. The predicted octanol–water partition coefficient (Wildman–Crippen LogP) is 2.57. The lowest BCUT2D eigenvalue weighted by molar-refractivity contribution is 0.0530. The Hall–Kier alpha value is -2.96. The number of piperazine rings is 1. The third kappa shape index (κ3) is 3.51. The van der Waals surface area contributed by atoms with Gasteiger partial charge in [0, 0.05) is 26.2 Å². The fourth-order valence-corrected chi connectivity index (χ4v) is 2.94. The van der Waals surface area contributed by atoms with Gasteiger partial charge in [-0.25, -0.2) is 8.78 Å². The molecule has 136 valence electrons. The summed E-state index contributed by atoms with van der Waals surface area (Å²) in [5.41, 5.74) is 0.153. The first-order valence-corrected chi connectivity index (χ1v) is 8.18. The molecule has 0 bridgehead atoms. The summed E-state index contributed by atoms with van der Waals surface area (Å²) >= 11 is 0. The maximum atomic E-state index is 13.8. The van der Waals surface area contributed by atoms with Crippen LogP contribution in [-0.4, -0.2) is 54.9 Å². The van der Waals surface area contributed by atoms with Gasteiger partial charge >= 0.3 is 0 Å². The summed E-state index contributed by atoms with van der Waals surface area (Å²) in [6.07, 6.45) is 0. The molecular formula is C19H18F2N2O3. The van der Waals surface area contributed by atoms with Gasteiger partial charge in [0.15, 0.2) is 0 Å². The Morgan fingerprint density at radius 2 is 1.46 bits per heavy atom. The van der Waals surface area contributed by atoms with Crippen molar-refractivity contribution in [2.45, 2.75) is 0 Å². The lowest BCUT2D eigenvalue weighted by atomic mass is 10.1. The van der Waals surface area contributed by atoms with Crippen LogP contribution in [-0.2, 0) is 0 Å². The lowest BCUT2D eigenvalue weighted by Crippen LogP contribution is -2.50. The molecule has 0 aliphatic carbocycles. The molecule has 0 aromatic heterocycles. The number of carbonyl (C=O) groups is 2. The predicted molar refractivity (Wildman–Crippen MR) is 91.2 cm³/mol. The third-order valence-electron chi connectivity index (χ3n) is 4.35. The van der Waals surface area contributed by atoms with E-state index < -0.39 is 17.5 Å². The van der Waals surface area contributed by atoms with Gasteiger partial charge in [0.2, 0.25) is 0 Å². The van der Waals surface area contributed by atoms with E-state index in [9.17, 15) is 18.4 Å². The van der Waals surface area contributed by atoms with Crippen molar-refractivity contribution in [3.8, 4) is 5.75 Å². The molecule has 5 nitrogen and oxygen atoms in total. The van der Waals surface area contributed by atoms with Crippen LogP contribution in [0.3, 0.4) is 0 Å². The molecule has 2 aromatic rings. The molecule has 1 aliphatic heterocycles. The second kappa shape index (κ2) is 7.51. The van der Waals surface area contributed by atoms with Crippen LogP contribution in [0.4, 0.5) is 8.78 Å². The quantitative estimate of drug-likeness (QED) is 0.845. The van der Waals surface area contributed by atoms with Crippen LogP contribution in [0.15, 0.2) is 42.5 Å². The Bertz CT molecular complexity index is 833. The Balaban J connectivity index is 1.69. The highest BCUT2D eigenvalue weighted by Gasteiger charge is 2.28. The van der Waals surface area contributed by atoms with Crippen LogP contribution in [0.2, 0.25) is 0 Å². The number of hydrogen-bond donors (Lipinski definition) is 0. The summed E-state index contributed by atoms with van der Waals surface area (Å²) in [5, 5.41) is 0. The van der Waals surface area contributed by atoms with Gasteiger partial charge in [-0.15, -0.1) is 0 Å². The Morgan fingerprint density at radius 3 is 2.04 bits per heavy atom. The first-order valence-electron chi connectivity index (χ1n) is 8.18.